The second-order valence-corrected chi connectivity index (χ2v) is 6.77. The third-order valence-corrected chi connectivity index (χ3v) is 5.40. The topological polar surface area (TPSA) is 38.7 Å². The van der Waals surface area contributed by atoms with Crippen LogP contribution in [0.2, 0.25) is 0 Å². The van der Waals surface area contributed by atoms with E-state index < -0.39 is 0 Å². The molecule has 3 nitrogen and oxygen atoms in total. The summed E-state index contributed by atoms with van der Waals surface area (Å²) in [5.74, 6) is 0.452. The number of aliphatic hydroxyl groups excluding tert-OH is 1. The van der Waals surface area contributed by atoms with Crippen molar-refractivity contribution < 1.29 is 14.6 Å². The van der Waals surface area contributed by atoms with Gasteiger partial charge in [-0.05, 0) is 57.3 Å². The minimum Gasteiger partial charge on any atom is -0.393 e. The minimum absolute atomic E-state index is 0.133. The molecule has 0 aromatic rings. The molecule has 3 fully saturated rings. The molecule has 1 saturated carbocycles. The molecule has 2 saturated heterocycles. The number of hydrogen-bond donors (Lipinski definition) is 1. The summed E-state index contributed by atoms with van der Waals surface area (Å²) in [6, 6.07) is 0. The number of aliphatic hydroxyl groups is 1. The lowest BCUT2D eigenvalue weighted by atomic mass is 9.80. The second kappa shape index (κ2) is 6.11. The maximum atomic E-state index is 10.5. The van der Waals surface area contributed by atoms with Gasteiger partial charge in [-0.2, -0.15) is 0 Å². The van der Waals surface area contributed by atoms with Crippen molar-refractivity contribution in [2.24, 2.45) is 5.92 Å². The molecule has 3 atom stereocenters. The molecule has 2 aliphatic heterocycles. The Morgan fingerprint density at radius 2 is 1.95 bits per heavy atom. The highest BCUT2D eigenvalue weighted by Gasteiger charge is 2.41. The summed E-state index contributed by atoms with van der Waals surface area (Å²) in [5.41, 5.74) is 0.133. The summed E-state index contributed by atoms with van der Waals surface area (Å²) in [7, 11) is 0. The molecule has 0 amide bonds. The van der Waals surface area contributed by atoms with Crippen LogP contribution in [0.4, 0.5) is 0 Å². The Morgan fingerprint density at radius 1 is 1.11 bits per heavy atom. The zero-order valence-corrected chi connectivity index (χ0v) is 12.0. The molecule has 19 heavy (non-hydrogen) atoms. The summed E-state index contributed by atoms with van der Waals surface area (Å²) < 4.78 is 11.7. The van der Waals surface area contributed by atoms with E-state index in [1.165, 1.54) is 38.5 Å². The molecule has 0 bridgehead atoms. The van der Waals surface area contributed by atoms with Crippen LogP contribution in [-0.2, 0) is 9.47 Å². The van der Waals surface area contributed by atoms with E-state index in [-0.39, 0.29) is 11.7 Å². The van der Waals surface area contributed by atoms with Crippen molar-refractivity contribution in [2.45, 2.75) is 82.0 Å². The van der Waals surface area contributed by atoms with Crippen LogP contribution in [0.25, 0.3) is 0 Å². The van der Waals surface area contributed by atoms with E-state index >= 15 is 0 Å². The van der Waals surface area contributed by atoms with Gasteiger partial charge in [-0.15, -0.1) is 0 Å². The summed E-state index contributed by atoms with van der Waals surface area (Å²) >= 11 is 0. The molecule has 3 aliphatic rings. The quantitative estimate of drug-likeness (QED) is 0.851. The monoisotopic (exact) mass is 268 g/mol. The number of hydrogen-bond acceptors (Lipinski definition) is 3. The van der Waals surface area contributed by atoms with E-state index in [4.69, 9.17) is 9.47 Å². The molecule has 3 unspecified atom stereocenters. The fourth-order valence-corrected chi connectivity index (χ4v) is 4.23. The predicted molar refractivity (Wildman–Crippen MR) is 74.1 cm³/mol. The Kier molecular flexibility index (Phi) is 4.45. The van der Waals surface area contributed by atoms with Crippen LogP contribution < -0.4 is 0 Å². The highest BCUT2D eigenvalue weighted by atomic mass is 16.5. The second-order valence-electron chi connectivity index (χ2n) is 6.77. The lowest BCUT2D eigenvalue weighted by Crippen LogP contribution is -2.41. The van der Waals surface area contributed by atoms with Crippen molar-refractivity contribution in [1.29, 1.82) is 0 Å². The van der Waals surface area contributed by atoms with Gasteiger partial charge in [0.25, 0.3) is 0 Å². The molecule has 0 aromatic carbocycles. The Bertz CT molecular complexity index is 280. The Hall–Kier alpha value is -0.120. The summed E-state index contributed by atoms with van der Waals surface area (Å²) in [6.07, 6.45) is 11.7. The first-order valence-electron chi connectivity index (χ1n) is 8.21. The zero-order chi connectivity index (χ0) is 13.1. The number of ether oxygens (including phenoxy) is 2. The van der Waals surface area contributed by atoms with Gasteiger partial charge in [-0.3, -0.25) is 0 Å². The molecular weight excluding hydrogens is 240 g/mol. The van der Waals surface area contributed by atoms with Crippen LogP contribution >= 0.6 is 0 Å². The third kappa shape index (κ3) is 3.32. The standard InChI is InChI=1S/C16H28O3/c17-15(6-5-14-4-3-10-18-14)13-7-11-19-16(12-13)8-1-2-9-16/h13-15,17H,1-12H2. The predicted octanol–water partition coefficient (Wildman–Crippen LogP) is 3.05. The van der Waals surface area contributed by atoms with Crippen molar-refractivity contribution in [3.63, 3.8) is 0 Å². The van der Waals surface area contributed by atoms with Crippen LogP contribution in [-0.4, -0.2) is 36.1 Å². The van der Waals surface area contributed by atoms with Crippen molar-refractivity contribution in [1.82, 2.24) is 0 Å². The van der Waals surface area contributed by atoms with Gasteiger partial charge in [0.05, 0.1) is 17.8 Å². The first kappa shape index (κ1) is 13.8. The molecule has 1 spiro atoms. The first-order valence-corrected chi connectivity index (χ1v) is 8.21. The van der Waals surface area contributed by atoms with Gasteiger partial charge in [0.2, 0.25) is 0 Å². The van der Waals surface area contributed by atoms with Crippen molar-refractivity contribution in [2.75, 3.05) is 13.2 Å². The molecule has 3 heteroatoms. The van der Waals surface area contributed by atoms with E-state index in [1.807, 2.05) is 0 Å². The molecule has 0 aromatic heterocycles. The summed E-state index contributed by atoms with van der Waals surface area (Å²) in [6.45, 7) is 1.77. The van der Waals surface area contributed by atoms with Crippen molar-refractivity contribution in [3.8, 4) is 0 Å². The minimum atomic E-state index is -0.148. The van der Waals surface area contributed by atoms with Gasteiger partial charge in [-0.25, -0.2) is 0 Å². The van der Waals surface area contributed by atoms with Crippen LogP contribution in [0.3, 0.4) is 0 Å². The SMILES string of the molecule is OC(CCC1CCCO1)C1CCOC2(CCCC2)C1. The van der Waals surface area contributed by atoms with Crippen LogP contribution in [0.5, 0.6) is 0 Å². The Labute approximate surface area is 116 Å². The first-order chi connectivity index (χ1) is 9.27. The van der Waals surface area contributed by atoms with Crippen molar-refractivity contribution >= 4 is 0 Å². The highest BCUT2D eigenvalue weighted by molar-refractivity contribution is 4.93. The lowest BCUT2D eigenvalue weighted by Gasteiger charge is -2.40. The Balaban J connectivity index is 1.47. The maximum Gasteiger partial charge on any atom is 0.0686 e. The molecule has 1 N–H and O–H groups in total. The van der Waals surface area contributed by atoms with Crippen LogP contribution in [0.15, 0.2) is 0 Å². The normalized spacial score (nSPS) is 35.8. The average molecular weight is 268 g/mol. The fraction of sp³-hybridized carbons (Fsp3) is 1.00. The van der Waals surface area contributed by atoms with Gasteiger partial charge in [0, 0.05) is 13.2 Å². The smallest absolute Gasteiger partial charge is 0.0686 e. The molecule has 110 valence electrons. The van der Waals surface area contributed by atoms with E-state index in [0.717, 1.165) is 38.9 Å². The van der Waals surface area contributed by atoms with Gasteiger partial charge >= 0.3 is 0 Å². The molecule has 0 radical (unpaired) electrons. The van der Waals surface area contributed by atoms with Gasteiger partial charge in [0.1, 0.15) is 0 Å². The number of rotatable bonds is 4. The maximum absolute atomic E-state index is 10.5. The average Bonchev–Trinajstić information content (AvgIpc) is 3.08. The molecule has 1 aliphatic carbocycles. The third-order valence-electron chi connectivity index (χ3n) is 5.40. The fourth-order valence-electron chi connectivity index (χ4n) is 4.23. The van der Waals surface area contributed by atoms with Crippen LogP contribution in [0, 0.1) is 5.92 Å². The largest absolute Gasteiger partial charge is 0.393 e. The van der Waals surface area contributed by atoms with Crippen LogP contribution in [0.1, 0.15) is 64.2 Å². The lowest BCUT2D eigenvalue weighted by molar-refractivity contribution is -0.114. The van der Waals surface area contributed by atoms with Gasteiger partial charge < -0.3 is 14.6 Å². The molecule has 2 heterocycles. The molecular formula is C16H28O3. The summed E-state index contributed by atoms with van der Waals surface area (Å²) in [5, 5.41) is 10.5. The van der Waals surface area contributed by atoms with Gasteiger partial charge in [0.15, 0.2) is 0 Å². The zero-order valence-electron chi connectivity index (χ0n) is 12.0. The van der Waals surface area contributed by atoms with E-state index in [0.29, 0.717) is 12.0 Å². The van der Waals surface area contributed by atoms with E-state index in [2.05, 4.69) is 0 Å². The summed E-state index contributed by atoms with van der Waals surface area (Å²) in [4.78, 5) is 0. The molecule has 3 rings (SSSR count). The highest BCUT2D eigenvalue weighted by Crippen LogP contribution is 2.43. The van der Waals surface area contributed by atoms with E-state index in [1.54, 1.807) is 0 Å². The Morgan fingerprint density at radius 3 is 2.68 bits per heavy atom. The van der Waals surface area contributed by atoms with Gasteiger partial charge in [-0.1, -0.05) is 12.8 Å². The van der Waals surface area contributed by atoms with E-state index in [9.17, 15) is 5.11 Å². The van der Waals surface area contributed by atoms with Crippen molar-refractivity contribution in [3.05, 3.63) is 0 Å².